The van der Waals surface area contributed by atoms with Gasteiger partial charge in [0, 0.05) is 11.1 Å². The summed E-state index contributed by atoms with van der Waals surface area (Å²) in [5.74, 6) is 0.585. The van der Waals surface area contributed by atoms with E-state index in [9.17, 15) is 4.79 Å². The summed E-state index contributed by atoms with van der Waals surface area (Å²) in [6, 6.07) is 0. The maximum atomic E-state index is 11.8. The maximum absolute atomic E-state index is 11.8. The highest BCUT2D eigenvalue weighted by Gasteiger charge is 2.31. The minimum Gasteiger partial charge on any atom is -0.423 e. The number of allylic oxidation sites excluding steroid dienone is 7. The first-order valence-electron chi connectivity index (χ1n) is 6.79. The highest BCUT2D eigenvalue weighted by Crippen LogP contribution is 2.37. The minimum absolute atomic E-state index is 0.152. The van der Waals surface area contributed by atoms with Gasteiger partial charge in [0.1, 0.15) is 5.76 Å². The van der Waals surface area contributed by atoms with Crippen molar-refractivity contribution in [3.8, 4) is 0 Å². The van der Waals surface area contributed by atoms with Gasteiger partial charge in [-0.25, -0.2) is 4.79 Å². The van der Waals surface area contributed by atoms with Crippen molar-refractivity contribution in [2.75, 3.05) is 0 Å². The number of carbonyl (C=O) groups excluding carboxylic acids is 1. The fourth-order valence-electron chi connectivity index (χ4n) is 2.42. The third kappa shape index (κ3) is 2.95. The van der Waals surface area contributed by atoms with Crippen molar-refractivity contribution in [2.45, 2.75) is 39.5 Å². The van der Waals surface area contributed by atoms with Crippen LogP contribution >= 0.6 is 0 Å². The van der Waals surface area contributed by atoms with Gasteiger partial charge in [0.05, 0.1) is 0 Å². The van der Waals surface area contributed by atoms with Gasteiger partial charge in [-0.3, -0.25) is 0 Å². The molecule has 0 amide bonds. The molecule has 0 fully saturated rings. The number of cyclic esters (lactones) is 1. The van der Waals surface area contributed by atoms with E-state index in [2.05, 4.69) is 6.58 Å². The molecule has 2 aliphatic rings. The lowest BCUT2D eigenvalue weighted by molar-refractivity contribution is -0.133. The molecule has 0 saturated carbocycles. The summed E-state index contributed by atoms with van der Waals surface area (Å²) in [6.07, 6.45) is 11.9. The lowest BCUT2D eigenvalue weighted by Gasteiger charge is -2.10. The van der Waals surface area contributed by atoms with E-state index in [1.54, 1.807) is 0 Å². The average Bonchev–Trinajstić information content (AvgIpc) is 2.75. The van der Waals surface area contributed by atoms with E-state index in [4.69, 9.17) is 4.74 Å². The molecular formula is C17H20O2. The van der Waals surface area contributed by atoms with Gasteiger partial charge in [0.15, 0.2) is 0 Å². The Balaban J connectivity index is 2.31. The van der Waals surface area contributed by atoms with Crippen molar-refractivity contribution in [3.63, 3.8) is 0 Å². The lowest BCUT2D eigenvalue weighted by Crippen LogP contribution is -2.01. The lowest BCUT2D eigenvalue weighted by atomic mass is 9.92. The number of hydrogen-bond acceptors (Lipinski definition) is 2. The summed E-state index contributed by atoms with van der Waals surface area (Å²) < 4.78 is 5.41. The van der Waals surface area contributed by atoms with Crippen LogP contribution in [0, 0.1) is 0 Å². The quantitative estimate of drug-likeness (QED) is 0.553. The molecule has 100 valence electrons. The molecule has 0 saturated heterocycles. The van der Waals surface area contributed by atoms with Crippen LogP contribution in [0.4, 0.5) is 0 Å². The first kappa shape index (κ1) is 13.6. The molecule has 0 aromatic heterocycles. The number of hydrogen-bond donors (Lipinski definition) is 0. The zero-order valence-electron chi connectivity index (χ0n) is 11.7. The monoisotopic (exact) mass is 256 g/mol. The first-order chi connectivity index (χ1) is 9.15. The van der Waals surface area contributed by atoms with Gasteiger partial charge in [0.25, 0.3) is 0 Å². The molecule has 1 aliphatic carbocycles. The zero-order valence-corrected chi connectivity index (χ0v) is 11.7. The second-order valence-electron chi connectivity index (χ2n) is 4.94. The summed E-state index contributed by atoms with van der Waals surface area (Å²) in [5.41, 5.74) is 4.13. The minimum atomic E-state index is -0.152. The second-order valence-corrected chi connectivity index (χ2v) is 4.94. The Morgan fingerprint density at radius 3 is 2.58 bits per heavy atom. The Morgan fingerprint density at radius 2 is 1.95 bits per heavy atom. The second kappa shape index (κ2) is 5.87. The van der Waals surface area contributed by atoms with Crippen molar-refractivity contribution in [1.29, 1.82) is 0 Å². The summed E-state index contributed by atoms with van der Waals surface area (Å²) in [5, 5.41) is 0. The van der Waals surface area contributed by atoms with Crippen LogP contribution in [0.15, 0.2) is 58.9 Å². The Kier molecular flexibility index (Phi) is 4.20. The predicted octanol–water partition coefficient (Wildman–Crippen LogP) is 4.38. The first-order valence-corrected chi connectivity index (χ1v) is 6.79. The molecule has 0 aromatic carbocycles. The van der Waals surface area contributed by atoms with Crippen LogP contribution in [0.1, 0.15) is 39.5 Å². The highest BCUT2D eigenvalue weighted by molar-refractivity contribution is 5.94. The van der Waals surface area contributed by atoms with Crippen LogP contribution in [0.3, 0.4) is 0 Å². The van der Waals surface area contributed by atoms with Crippen LogP contribution in [-0.4, -0.2) is 5.97 Å². The Bertz CT molecular complexity index is 527. The van der Waals surface area contributed by atoms with Crippen molar-refractivity contribution >= 4 is 5.97 Å². The summed E-state index contributed by atoms with van der Waals surface area (Å²) >= 11 is 0. The van der Waals surface area contributed by atoms with Gasteiger partial charge in [0.2, 0.25) is 0 Å². The molecular weight excluding hydrogens is 236 g/mol. The molecule has 1 aliphatic heterocycles. The molecule has 2 rings (SSSR count). The molecule has 0 aromatic rings. The third-order valence-electron chi connectivity index (χ3n) is 3.56. The van der Waals surface area contributed by atoms with Crippen LogP contribution < -0.4 is 0 Å². The smallest absolute Gasteiger partial charge is 0.339 e. The number of carbonyl (C=O) groups is 1. The average molecular weight is 256 g/mol. The molecule has 0 unspecified atom stereocenters. The van der Waals surface area contributed by atoms with Crippen molar-refractivity contribution in [1.82, 2.24) is 0 Å². The van der Waals surface area contributed by atoms with Crippen molar-refractivity contribution in [2.24, 2.45) is 0 Å². The van der Waals surface area contributed by atoms with Gasteiger partial charge in [-0.15, -0.1) is 0 Å². The standard InChI is InChI=1S/C17H20O2/c1-4-12(3)10-13(5-2)11-16-14-8-6-7-9-15(14)17(18)19-16/h4-5,10-11H,1,6-9H2,2-3H3/b12-10-,13-5+,16-11-. The molecule has 0 radical (unpaired) electrons. The van der Waals surface area contributed by atoms with E-state index in [1.807, 2.05) is 38.2 Å². The van der Waals surface area contributed by atoms with E-state index >= 15 is 0 Å². The highest BCUT2D eigenvalue weighted by atomic mass is 16.5. The Morgan fingerprint density at radius 1 is 1.26 bits per heavy atom. The molecule has 0 atom stereocenters. The fourth-order valence-corrected chi connectivity index (χ4v) is 2.42. The van der Waals surface area contributed by atoms with E-state index in [-0.39, 0.29) is 5.97 Å². The van der Waals surface area contributed by atoms with Gasteiger partial charge in [-0.1, -0.05) is 30.4 Å². The zero-order chi connectivity index (χ0) is 13.8. The molecule has 2 nitrogen and oxygen atoms in total. The van der Waals surface area contributed by atoms with Gasteiger partial charge >= 0.3 is 5.97 Å². The molecule has 19 heavy (non-hydrogen) atoms. The number of rotatable bonds is 3. The summed E-state index contributed by atoms with van der Waals surface area (Å²) in [6.45, 7) is 7.73. The molecule has 2 heteroatoms. The topological polar surface area (TPSA) is 26.3 Å². The van der Waals surface area contributed by atoms with Crippen molar-refractivity contribution in [3.05, 3.63) is 58.9 Å². The fraction of sp³-hybridized carbons (Fsp3) is 0.353. The van der Waals surface area contributed by atoms with Crippen LogP contribution in [0.2, 0.25) is 0 Å². The summed E-state index contributed by atoms with van der Waals surface area (Å²) in [7, 11) is 0. The Labute approximate surface area is 114 Å². The van der Waals surface area contributed by atoms with Crippen LogP contribution in [0.5, 0.6) is 0 Å². The third-order valence-corrected chi connectivity index (χ3v) is 3.56. The summed E-state index contributed by atoms with van der Waals surface area (Å²) in [4.78, 5) is 11.8. The van der Waals surface area contributed by atoms with E-state index in [1.165, 1.54) is 0 Å². The van der Waals surface area contributed by atoms with Gasteiger partial charge < -0.3 is 4.74 Å². The number of esters is 1. The Hall–Kier alpha value is -1.83. The van der Waals surface area contributed by atoms with E-state index < -0.39 is 0 Å². The van der Waals surface area contributed by atoms with E-state index in [0.717, 1.165) is 53.7 Å². The SMILES string of the molecule is C=C\C(C)=C/C(/C=C1\OC(=O)C2=C1CCCC2)=C\C. The van der Waals surface area contributed by atoms with Crippen LogP contribution in [0.25, 0.3) is 0 Å². The molecule has 1 heterocycles. The normalized spacial score (nSPS) is 22.6. The van der Waals surface area contributed by atoms with Gasteiger partial charge in [-0.05, 0) is 51.2 Å². The van der Waals surface area contributed by atoms with Crippen molar-refractivity contribution < 1.29 is 9.53 Å². The van der Waals surface area contributed by atoms with Gasteiger partial charge in [-0.2, -0.15) is 0 Å². The van der Waals surface area contributed by atoms with Crippen LogP contribution in [-0.2, 0) is 9.53 Å². The largest absolute Gasteiger partial charge is 0.423 e. The maximum Gasteiger partial charge on any atom is 0.339 e. The number of ether oxygens (including phenoxy) is 1. The molecule has 0 bridgehead atoms. The molecule has 0 spiro atoms. The van der Waals surface area contributed by atoms with E-state index in [0.29, 0.717) is 0 Å². The molecule has 0 N–H and O–H groups in total. The predicted molar refractivity (Wildman–Crippen MR) is 77.4 cm³/mol.